The largest absolute Gasteiger partial charge is 0.358 e. The minimum Gasteiger partial charge on any atom is -0.358 e. The molecule has 2 heterocycles. The zero-order valence-electron chi connectivity index (χ0n) is 13.6. The number of nitrogens with zero attached hydrogens (tertiary/aromatic N) is 3. The van der Waals surface area contributed by atoms with E-state index in [0.29, 0.717) is 19.0 Å². The summed E-state index contributed by atoms with van der Waals surface area (Å²) in [7, 11) is 0. The normalized spacial score (nSPS) is 17.3. The molecule has 23 heavy (non-hydrogen) atoms. The molecule has 1 aromatic heterocycles. The molecule has 1 unspecified atom stereocenters. The van der Waals surface area contributed by atoms with E-state index in [0.717, 1.165) is 30.8 Å². The average Bonchev–Trinajstić information content (AvgIpc) is 3.03. The van der Waals surface area contributed by atoms with Gasteiger partial charge in [0.15, 0.2) is 0 Å². The number of carbonyl (C=O) groups is 1. The summed E-state index contributed by atoms with van der Waals surface area (Å²) in [6, 6.07) is 14.1. The van der Waals surface area contributed by atoms with Gasteiger partial charge in [0.1, 0.15) is 0 Å². The third kappa shape index (κ3) is 4.09. The Balaban J connectivity index is 1.74. The molecule has 1 amide bonds. The molecular weight excluding hydrogens is 286 g/mol. The molecule has 0 saturated carbocycles. The molecule has 1 atom stereocenters. The second kappa shape index (κ2) is 7.27. The zero-order valence-corrected chi connectivity index (χ0v) is 13.6. The highest BCUT2D eigenvalue weighted by Gasteiger charge is 2.24. The molecule has 2 aromatic rings. The van der Waals surface area contributed by atoms with Crippen LogP contribution in [0.4, 0.5) is 5.69 Å². The number of para-hydroxylation sites is 1. The van der Waals surface area contributed by atoms with Crippen molar-refractivity contribution in [2.24, 2.45) is 5.92 Å². The number of carbonyl (C=O) groups excluding carboxylic acids is 1. The summed E-state index contributed by atoms with van der Waals surface area (Å²) in [4.78, 5) is 20.9. The maximum atomic E-state index is 12.6. The first-order valence-electron chi connectivity index (χ1n) is 8.19. The van der Waals surface area contributed by atoms with Crippen LogP contribution in [0.2, 0.25) is 0 Å². The van der Waals surface area contributed by atoms with E-state index >= 15 is 0 Å². The number of hydrogen-bond donors (Lipinski definition) is 0. The molecule has 1 aliphatic rings. The Morgan fingerprint density at radius 1 is 1.26 bits per heavy atom. The van der Waals surface area contributed by atoms with Crippen LogP contribution >= 0.6 is 0 Å². The Kier molecular flexibility index (Phi) is 4.91. The second-order valence-corrected chi connectivity index (χ2v) is 6.29. The lowest BCUT2D eigenvalue weighted by atomic mass is 10.2. The summed E-state index contributed by atoms with van der Waals surface area (Å²) in [5, 5.41) is 0. The summed E-state index contributed by atoms with van der Waals surface area (Å²) in [6.07, 6.45) is 4.74. The fourth-order valence-electron chi connectivity index (χ4n) is 3.01. The third-order valence-corrected chi connectivity index (χ3v) is 4.32. The number of rotatable bonds is 5. The molecule has 0 N–H and O–H groups in total. The van der Waals surface area contributed by atoms with Gasteiger partial charge in [0.2, 0.25) is 5.91 Å². The summed E-state index contributed by atoms with van der Waals surface area (Å²) in [6.45, 7) is 5.07. The van der Waals surface area contributed by atoms with Crippen molar-refractivity contribution in [1.82, 2.24) is 9.88 Å². The van der Waals surface area contributed by atoms with Crippen LogP contribution in [0.15, 0.2) is 54.9 Å². The number of pyridine rings is 1. The van der Waals surface area contributed by atoms with E-state index in [-0.39, 0.29) is 5.91 Å². The van der Waals surface area contributed by atoms with Crippen LogP contribution in [-0.2, 0) is 11.3 Å². The molecule has 120 valence electrons. The minimum absolute atomic E-state index is 0.210. The van der Waals surface area contributed by atoms with Crippen LogP contribution < -0.4 is 4.90 Å². The Hall–Kier alpha value is -2.36. The van der Waals surface area contributed by atoms with E-state index in [1.54, 1.807) is 6.20 Å². The van der Waals surface area contributed by atoms with Gasteiger partial charge in [0, 0.05) is 37.7 Å². The first-order valence-corrected chi connectivity index (χ1v) is 8.19. The molecule has 0 spiro atoms. The number of hydrogen-bond acceptors (Lipinski definition) is 3. The Morgan fingerprint density at radius 3 is 2.74 bits per heavy atom. The van der Waals surface area contributed by atoms with E-state index in [1.807, 2.05) is 41.4 Å². The lowest BCUT2D eigenvalue weighted by Gasteiger charge is -2.27. The molecule has 4 nitrogen and oxygen atoms in total. The number of amides is 1. The van der Waals surface area contributed by atoms with Gasteiger partial charge < -0.3 is 9.80 Å². The van der Waals surface area contributed by atoms with Gasteiger partial charge in [-0.15, -0.1) is 0 Å². The summed E-state index contributed by atoms with van der Waals surface area (Å²) >= 11 is 0. The minimum atomic E-state index is 0.210. The molecule has 1 aromatic carbocycles. The van der Waals surface area contributed by atoms with Gasteiger partial charge in [-0.25, -0.2) is 0 Å². The fraction of sp³-hybridized carbons (Fsp3) is 0.368. The van der Waals surface area contributed by atoms with Crippen molar-refractivity contribution in [3.05, 3.63) is 60.4 Å². The summed E-state index contributed by atoms with van der Waals surface area (Å²) in [5.41, 5.74) is 2.18. The lowest BCUT2D eigenvalue weighted by molar-refractivity contribution is -0.128. The zero-order chi connectivity index (χ0) is 16.1. The van der Waals surface area contributed by atoms with E-state index in [4.69, 9.17) is 0 Å². The molecule has 0 bridgehead atoms. The summed E-state index contributed by atoms with van der Waals surface area (Å²) in [5.74, 6) is 0.824. The Bertz CT molecular complexity index is 630. The molecule has 0 radical (unpaired) electrons. The van der Waals surface area contributed by atoms with E-state index < -0.39 is 0 Å². The van der Waals surface area contributed by atoms with Crippen molar-refractivity contribution in [1.29, 1.82) is 0 Å². The lowest BCUT2D eigenvalue weighted by Crippen LogP contribution is -2.39. The standard InChI is InChI=1S/C19H23N3O/c1-16-9-11-21(13-16)19(23)15-22(18-7-3-2-4-8-18)14-17-6-5-10-20-12-17/h2-8,10,12,16H,9,11,13-15H2,1H3. The van der Waals surface area contributed by atoms with Crippen molar-refractivity contribution in [2.45, 2.75) is 19.9 Å². The first-order chi connectivity index (χ1) is 11.2. The monoisotopic (exact) mass is 309 g/mol. The number of benzene rings is 1. The number of likely N-dealkylation sites (tertiary alicyclic amines) is 1. The predicted octanol–water partition coefficient (Wildman–Crippen LogP) is 2.96. The van der Waals surface area contributed by atoms with Gasteiger partial charge in [0.05, 0.1) is 6.54 Å². The number of anilines is 1. The van der Waals surface area contributed by atoms with Crippen LogP contribution in [0.25, 0.3) is 0 Å². The van der Waals surface area contributed by atoms with Crippen LogP contribution in [0.3, 0.4) is 0 Å². The van der Waals surface area contributed by atoms with Crippen molar-refractivity contribution < 1.29 is 4.79 Å². The van der Waals surface area contributed by atoms with Gasteiger partial charge in [-0.05, 0) is 36.1 Å². The Morgan fingerprint density at radius 2 is 2.09 bits per heavy atom. The fourth-order valence-corrected chi connectivity index (χ4v) is 3.01. The maximum Gasteiger partial charge on any atom is 0.242 e. The topological polar surface area (TPSA) is 36.4 Å². The number of aromatic nitrogens is 1. The third-order valence-electron chi connectivity index (χ3n) is 4.32. The predicted molar refractivity (Wildman–Crippen MR) is 92.1 cm³/mol. The first kappa shape index (κ1) is 15.5. The van der Waals surface area contributed by atoms with E-state index in [1.165, 1.54) is 0 Å². The average molecular weight is 309 g/mol. The van der Waals surface area contributed by atoms with Gasteiger partial charge in [-0.2, -0.15) is 0 Å². The molecule has 0 aliphatic carbocycles. The highest BCUT2D eigenvalue weighted by Crippen LogP contribution is 2.19. The van der Waals surface area contributed by atoms with Crippen LogP contribution in [0, 0.1) is 5.92 Å². The second-order valence-electron chi connectivity index (χ2n) is 6.29. The van der Waals surface area contributed by atoms with Crippen LogP contribution in [0.1, 0.15) is 18.9 Å². The smallest absolute Gasteiger partial charge is 0.242 e. The highest BCUT2D eigenvalue weighted by molar-refractivity contribution is 5.81. The van der Waals surface area contributed by atoms with Crippen molar-refractivity contribution in [3.63, 3.8) is 0 Å². The molecule has 1 aliphatic heterocycles. The molecule has 4 heteroatoms. The van der Waals surface area contributed by atoms with Crippen molar-refractivity contribution in [2.75, 3.05) is 24.5 Å². The van der Waals surface area contributed by atoms with Crippen LogP contribution in [-0.4, -0.2) is 35.4 Å². The van der Waals surface area contributed by atoms with Gasteiger partial charge in [-0.1, -0.05) is 31.2 Å². The highest BCUT2D eigenvalue weighted by atomic mass is 16.2. The van der Waals surface area contributed by atoms with Gasteiger partial charge in [-0.3, -0.25) is 9.78 Å². The quantitative estimate of drug-likeness (QED) is 0.852. The van der Waals surface area contributed by atoms with Crippen molar-refractivity contribution >= 4 is 11.6 Å². The van der Waals surface area contributed by atoms with E-state index in [2.05, 4.69) is 28.9 Å². The van der Waals surface area contributed by atoms with Crippen LogP contribution in [0.5, 0.6) is 0 Å². The van der Waals surface area contributed by atoms with E-state index in [9.17, 15) is 4.79 Å². The SMILES string of the molecule is CC1CCN(C(=O)CN(Cc2cccnc2)c2ccccc2)C1. The molecule has 1 saturated heterocycles. The van der Waals surface area contributed by atoms with Crippen molar-refractivity contribution in [3.8, 4) is 0 Å². The van der Waals surface area contributed by atoms with Gasteiger partial charge in [0.25, 0.3) is 0 Å². The maximum absolute atomic E-state index is 12.6. The molecule has 3 rings (SSSR count). The molecule has 1 fully saturated rings. The molecular formula is C19H23N3O. The Labute approximate surface area is 137 Å². The van der Waals surface area contributed by atoms with Gasteiger partial charge >= 0.3 is 0 Å². The summed E-state index contributed by atoms with van der Waals surface area (Å²) < 4.78 is 0.